The molecule has 178 valence electrons. The van der Waals surface area contributed by atoms with Crippen molar-refractivity contribution >= 4 is 34.7 Å². The Hall–Kier alpha value is -4.28. The van der Waals surface area contributed by atoms with Crippen molar-refractivity contribution in [3.8, 4) is 0 Å². The quantitative estimate of drug-likeness (QED) is 0.304. The van der Waals surface area contributed by atoms with Crippen LogP contribution in [0.4, 0.5) is 10.5 Å². The topological polar surface area (TPSA) is 134 Å². The highest BCUT2D eigenvalue weighted by molar-refractivity contribution is 6.05. The summed E-state index contributed by atoms with van der Waals surface area (Å²) in [6, 6.07) is 8.66. The standard InChI is InChI=1S/C23H24N4O7/c1-23(2,3)34-22(30)26(20(28)16-7-9-17(10-8-16)27(31)32)18(21(29)33-4)14-25-13-11-15-6-5-12-24-19(15)25/h5-13,18H,14H2,1-4H3/t18-/m0/s1. The first-order valence-corrected chi connectivity index (χ1v) is 10.3. The third-order valence-corrected chi connectivity index (χ3v) is 4.81. The van der Waals surface area contributed by atoms with E-state index in [4.69, 9.17) is 9.47 Å². The highest BCUT2D eigenvalue weighted by Gasteiger charge is 2.39. The minimum absolute atomic E-state index is 0.0409. The van der Waals surface area contributed by atoms with Crippen molar-refractivity contribution < 1.29 is 28.8 Å². The van der Waals surface area contributed by atoms with Gasteiger partial charge in [-0.3, -0.25) is 14.9 Å². The van der Waals surface area contributed by atoms with E-state index in [0.717, 1.165) is 24.6 Å². The monoisotopic (exact) mass is 468 g/mol. The van der Waals surface area contributed by atoms with Gasteiger partial charge in [-0.25, -0.2) is 19.5 Å². The number of carbonyl (C=O) groups excluding carboxylic acids is 3. The Morgan fingerprint density at radius 2 is 1.82 bits per heavy atom. The molecule has 0 fully saturated rings. The number of nitrogens with zero attached hydrogens (tertiary/aromatic N) is 4. The lowest BCUT2D eigenvalue weighted by Crippen LogP contribution is -2.52. The lowest BCUT2D eigenvalue weighted by atomic mass is 10.1. The number of nitro benzene ring substituents is 1. The fraction of sp³-hybridized carbons (Fsp3) is 0.304. The number of rotatable bonds is 6. The summed E-state index contributed by atoms with van der Waals surface area (Å²) in [5.41, 5.74) is -0.688. The van der Waals surface area contributed by atoms with Gasteiger partial charge in [0.25, 0.3) is 11.6 Å². The average molecular weight is 468 g/mol. The first kappa shape index (κ1) is 24.4. The zero-order chi connectivity index (χ0) is 25.0. The number of amides is 2. The van der Waals surface area contributed by atoms with Crippen molar-refractivity contribution in [2.75, 3.05) is 7.11 Å². The third kappa shape index (κ3) is 5.37. The number of esters is 1. The second-order valence-corrected chi connectivity index (χ2v) is 8.38. The summed E-state index contributed by atoms with van der Waals surface area (Å²) in [5, 5.41) is 11.8. The van der Waals surface area contributed by atoms with Gasteiger partial charge in [0.2, 0.25) is 0 Å². The van der Waals surface area contributed by atoms with Crippen LogP contribution in [0.2, 0.25) is 0 Å². The summed E-state index contributed by atoms with van der Waals surface area (Å²) >= 11 is 0. The normalized spacial score (nSPS) is 12.1. The smallest absolute Gasteiger partial charge is 0.418 e. The van der Waals surface area contributed by atoms with E-state index in [-0.39, 0.29) is 17.8 Å². The second-order valence-electron chi connectivity index (χ2n) is 8.38. The minimum Gasteiger partial charge on any atom is -0.467 e. The Balaban J connectivity index is 2.06. The van der Waals surface area contributed by atoms with Gasteiger partial charge in [-0.1, -0.05) is 0 Å². The Morgan fingerprint density at radius 1 is 1.15 bits per heavy atom. The molecule has 34 heavy (non-hydrogen) atoms. The molecule has 0 bridgehead atoms. The van der Waals surface area contributed by atoms with Gasteiger partial charge < -0.3 is 14.0 Å². The number of non-ortho nitro benzene ring substituents is 1. The number of ether oxygens (including phenoxy) is 2. The summed E-state index contributed by atoms with van der Waals surface area (Å²) in [6.45, 7) is 4.72. The van der Waals surface area contributed by atoms with E-state index in [1.807, 2.05) is 6.07 Å². The molecule has 0 aliphatic rings. The van der Waals surface area contributed by atoms with E-state index >= 15 is 0 Å². The van der Waals surface area contributed by atoms with Crippen molar-refractivity contribution in [1.82, 2.24) is 14.5 Å². The fourth-order valence-electron chi connectivity index (χ4n) is 3.28. The Bertz CT molecular complexity index is 1230. The van der Waals surface area contributed by atoms with E-state index in [2.05, 4.69) is 4.98 Å². The molecule has 0 saturated carbocycles. The SMILES string of the molecule is COC(=O)[C@H](Cn1ccc2cccnc21)N(C(=O)OC(C)(C)C)C(=O)c1ccc([N+](=O)[O-])cc1. The summed E-state index contributed by atoms with van der Waals surface area (Å²) in [6.07, 6.45) is 2.20. The maximum Gasteiger partial charge on any atom is 0.418 e. The van der Waals surface area contributed by atoms with Gasteiger partial charge in [-0.15, -0.1) is 0 Å². The molecule has 0 aliphatic heterocycles. The van der Waals surface area contributed by atoms with Crippen LogP contribution in [-0.4, -0.2) is 56.1 Å². The fourth-order valence-corrected chi connectivity index (χ4v) is 3.28. The van der Waals surface area contributed by atoms with Crippen molar-refractivity contribution in [2.24, 2.45) is 0 Å². The largest absolute Gasteiger partial charge is 0.467 e. The lowest BCUT2D eigenvalue weighted by molar-refractivity contribution is -0.384. The molecule has 0 unspecified atom stereocenters. The van der Waals surface area contributed by atoms with Crippen LogP contribution in [-0.2, 0) is 20.8 Å². The highest BCUT2D eigenvalue weighted by atomic mass is 16.6. The van der Waals surface area contributed by atoms with E-state index < -0.39 is 34.5 Å². The van der Waals surface area contributed by atoms with Crippen LogP contribution in [0.25, 0.3) is 11.0 Å². The lowest BCUT2D eigenvalue weighted by Gasteiger charge is -2.31. The van der Waals surface area contributed by atoms with E-state index in [9.17, 15) is 24.5 Å². The summed E-state index contributed by atoms with van der Waals surface area (Å²) < 4.78 is 11.9. The van der Waals surface area contributed by atoms with E-state index in [1.54, 1.807) is 49.9 Å². The number of imide groups is 1. The number of hydrogen-bond donors (Lipinski definition) is 0. The Labute approximate surface area is 195 Å². The molecule has 1 atom stereocenters. The molecule has 2 heterocycles. The zero-order valence-electron chi connectivity index (χ0n) is 19.1. The minimum atomic E-state index is -1.40. The summed E-state index contributed by atoms with van der Waals surface area (Å²) in [5.74, 6) is -1.72. The number of aromatic nitrogens is 2. The summed E-state index contributed by atoms with van der Waals surface area (Å²) in [4.78, 5) is 54.7. The molecule has 0 N–H and O–H groups in total. The van der Waals surface area contributed by atoms with Crippen LogP contribution in [0.1, 0.15) is 31.1 Å². The van der Waals surface area contributed by atoms with Crippen LogP contribution in [0.5, 0.6) is 0 Å². The third-order valence-electron chi connectivity index (χ3n) is 4.81. The Kier molecular flexibility index (Phi) is 6.94. The van der Waals surface area contributed by atoms with Crippen molar-refractivity contribution in [1.29, 1.82) is 0 Å². The predicted molar refractivity (Wildman–Crippen MR) is 121 cm³/mol. The number of nitro groups is 1. The highest BCUT2D eigenvalue weighted by Crippen LogP contribution is 2.21. The van der Waals surface area contributed by atoms with Crippen LogP contribution in [0.3, 0.4) is 0 Å². The molecule has 11 nitrogen and oxygen atoms in total. The molecule has 0 saturated heterocycles. The molecular formula is C23H24N4O7. The molecule has 3 aromatic rings. The number of methoxy groups -OCH3 is 1. The van der Waals surface area contributed by atoms with Crippen LogP contribution in [0, 0.1) is 10.1 Å². The molecule has 2 amide bonds. The van der Waals surface area contributed by atoms with Crippen molar-refractivity contribution in [2.45, 2.75) is 39.0 Å². The first-order valence-electron chi connectivity index (χ1n) is 10.3. The van der Waals surface area contributed by atoms with Gasteiger partial charge in [0.05, 0.1) is 18.6 Å². The molecule has 3 rings (SSSR count). The average Bonchev–Trinajstić information content (AvgIpc) is 3.19. The molecule has 0 aliphatic carbocycles. The maximum atomic E-state index is 13.4. The molecule has 0 spiro atoms. The number of carbonyl (C=O) groups is 3. The molecule has 1 aromatic carbocycles. The maximum absolute atomic E-state index is 13.4. The van der Waals surface area contributed by atoms with Gasteiger partial charge in [0.1, 0.15) is 11.2 Å². The number of pyridine rings is 1. The van der Waals surface area contributed by atoms with Gasteiger partial charge in [-0.05, 0) is 51.1 Å². The van der Waals surface area contributed by atoms with Gasteiger partial charge >= 0.3 is 12.1 Å². The number of fused-ring (bicyclic) bond motifs is 1. The first-order chi connectivity index (χ1) is 16.0. The molecular weight excluding hydrogens is 444 g/mol. The van der Waals surface area contributed by atoms with Gasteiger partial charge in [-0.2, -0.15) is 0 Å². The van der Waals surface area contributed by atoms with Crippen LogP contribution in [0.15, 0.2) is 54.9 Å². The van der Waals surface area contributed by atoms with E-state index in [1.165, 1.54) is 12.1 Å². The molecule has 2 aromatic heterocycles. The number of hydrogen-bond acceptors (Lipinski definition) is 8. The van der Waals surface area contributed by atoms with E-state index in [0.29, 0.717) is 10.5 Å². The van der Waals surface area contributed by atoms with Crippen molar-refractivity contribution in [3.63, 3.8) is 0 Å². The second kappa shape index (κ2) is 9.69. The Morgan fingerprint density at radius 3 is 2.41 bits per heavy atom. The molecule has 11 heteroatoms. The van der Waals surface area contributed by atoms with Crippen LogP contribution >= 0.6 is 0 Å². The van der Waals surface area contributed by atoms with Crippen molar-refractivity contribution in [3.05, 3.63) is 70.5 Å². The zero-order valence-corrected chi connectivity index (χ0v) is 19.1. The molecule has 0 radical (unpaired) electrons. The summed E-state index contributed by atoms with van der Waals surface area (Å²) in [7, 11) is 1.14. The van der Waals surface area contributed by atoms with Gasteiger partial charge in [0, 0.05) is 35.5 Å². The number of benzene rings is 1. The predicted octanol–water partition coefficient (Wildman–Crippen LogP) is 3.56. The van der Waals surface area contributed by atoms with Gasteiger partial charge in [0.15, 0.2) is 6.04 Å². The van der Waals surface area contributed by atoms with Crippen LogP contribution < -0.4 is 0 Å².